The van der Waals surface area contributed by atoms with Crippen molar-refractivity contribution in [3.05, 3.63) is 70.8 Å². The number of quaternary nitrogens is 1. The minimum absolute atomic E-state index is 0.0399. The Morgan fingerprint density at radius 3 is 1.67 bits per heavy atom. The molecule has 0 radical (unpaired) electrons. The summed E-state index contributed by atoms with van der Waals surface area (Å²) in [6.45, 7) is 7.26. The van der Waals surface area contributed by atoms with E-state index in [9.17, 15) is 18.0 Å². The Hall–Kier alpha value is -2.34. The fourth-order valence-corrected chi connectivity index (χ4v) is 4.39. The summed E-state index contributed by atoms with van der Waals surface area (Å²) in [4.78, 5) is 13.7. The van der Waals surface area contributed by atoms with Crippen LogP contribution in [0.3, 0.4) is 0 Å². The number of amides is 1. The highest BCUT2D eigenvalue weighted by Gasteiger charge is 2.30. The van der Waals surface area contributed by atoms with Gasteiger partial charge in [0.1, 0.15) is 13.1 Å². The van der Waals surface area contributed by atoms with E-state index in [1.54, 1.807) is 12.1 Å². The predicted octanol–water partition coefficient (Wildman–Crippen LogP) is 6.96. The summed E-state index contributed by atoms with van der Waals surface area (Å²) in [5, 5.41) is 3.02. The number of rotatable bonds is 17. The lowest BCUT2D eigenvalue weighted by atomic mass is 10.1. The zero-order valence-electron chi connectivity index (χ0n) is 22.1. The van der Waals surface area contributed by atoms with Crippen molar-refractivity contribution in [3.63, 3.8) is 0 Å². The first-order valence-corrected chi connectivity index (χ1v) is 13.7. The lowest BCUT2D eigenvalue weighted by Crippen LogP contribution is -3.09. The fourth-order valence-electron chi connectivity index (χ4n) is 4.39. The number of benzene rings is 2. The minimum Gasteiger partial charge on any atom is -0.352 e. The van der Waals surface area contributed by atoms with Gasteiger partial charge in [-0.15, -0.1) is 0 Å². The molecule has 0 saturated carbocycles. The average molecular weight is 506 g/mol. The molecule has 1 amide bonds. The van der Waals surface area contributed by atoms with Crippen LogP contribution in [0.4, 0.5) is 13.2 Å². The third-order valence-electron chi connectivity index (χ3n) is 6.72. The Morgan fingerprint density at radius 1 is 0.722 bits per heavy atom. The standard InChI is InChI=1S/C30H43F3N2O/c1-3-5-6-7-8-9-10-11-12-13-22-34-29(36)27-18-14-25(15-19-27)23-35(4-2)24-26-16-20-28(21-17-26)30(31,32)33/h14-21H,3-13,22-24H2,1-2H3,(H,34,36)/p+1. The smallest absolute Gasteiger partial charge is 0.352 e. The molecule has 0 saturated heterocycles. The molecule has 36 heavy (non-hydrogen) atoms. The van der Waals surface area contributed by atoms with E-state index in [0.29, 0.717) is 18.7 Å². The van der Waals surface area contributed by atoms with E-state index in [0.717, 1.165) is 49.2 Å². The van der Waals surface area contributed by atoms with Crippen molar-refractivity contribution in [1.82, 2.24) is 5.32 Å². The van der Waals surface area contributed by atoms with Crippen LogP contribution >= 0.6 is 0 Å². The topological polar surface area (TPSA) is 33.5 Å². The number of carbonyl (C=O) groups excluding carboxylic acids is 1. The SMILES string of the molecule is CCCCCCCCCCCCNC(=O)c1ccc(C[NH+](CC)Cc2ccc(C(F)(F)F)cc2)cc1. The lowest BCUT2D eigenvalue weighted by molar-refractivity contribution is -0.925. The largest absolute Gasteiger partial charge is 0.416 e. The van der Waals surface area contributed by atoms with E-state index in [4.69, 9.17) is 0 Å². The van der Waals surface area contributed by atoms with Gasteiger partial charge in [-0.25, -0.2) is 0 Å². The molecule has 0 fully saturated rings. The third-order valence-corrected chi connectivity index (χ3v) is 6.72. The van der Waals surface area contributed by atoms with Gasteiger partial charge in [0, 0.05) is 23.2 Å². The Morgan fingerprint density at radius 2 is 1.19 bits per heavy atom. The van der Waals surface area contributed by atoms with Crippen molar-refractivity contribution < 1.29 is 22.9 Å². The van der Waals surface area contributed by atoms with Crippen molar-refractivity contribution in [3.8, 4) is 0 Å². The Labute approximate surface area is 215 Å². The summed E-state index contributed by atoms with van der Waals surface area (Å²) < 4.78 is 38.3. The first-order valence-electron chi connectivity index (χ1n) is 13.7. The molecular formula is C30H44F3N2O+. The van der Waals surface area contributed by atoms with Crippen LogP contribution in [-0.2, 0) is 19.3 Å². The molecule has 0 aliphatic heterocycles. The van der Waals surface area contributed by atoms with Gasteiger partial charge in [0.2, 0.25) is 0 Å². The average Bonchev–Trinajstić information content (AvgIpc) is 2.87. The number of unbranched alkanes of at least 4 members (excludes halogenated alkanes) is 9. The Kier molecular flexibility index (Phi) is 13.6. The lowest BCUT2D eigenvalue weighted by Gasteiger charge is -2.18. The van der Waals surface area contributed by atoms with E-state index in [1.165, 1.54) is 56.3 Å². The van der Waals surface area contributed by atoms with Gasteiger partial charge in [-0.3, -0.25) is 4.79 Å². The second-order valence-corrected chi connectivity index (χ2v) is 9.79. The molecule has 0 aliphatic carbocycles. The minimum atomic E-state index is -4.31. The molecule has 2 aromatic carbocycles. The van der Waals surface area contributed by atoms with Crippen molar-refractivity contribution in [2.45, 2.75) is 97.3 Å². The number of alkyl halides is 3. The van der Waals surface area contributed by atoms with Gasteiger partial charge in [0.15, 0.2) is 0 Å². The van der Waals surface area contributed by atoms with Crippen LogP contribution in [0.1, 0.15) is 105 Å². The summed E-state index contributed by atoms with van der Waals surface area (Å²) in [6.07, 6.45) is 8.43. The summed E-state index contributed by atoms with van der Waals surface area (Å²) in [6, 6.07) is 13.1. The van der Waals surface area contributed by atoms with Crippen LogP contribution in [0, 0.1) is 0 Å². The van der Waals surface area contributed by atoms with Crippen LogP contribution in [-0.4, -0.2) is 19.0 Å². The maximum absolute atomic E-state index is 12.8. The summed E-state index contributed by atoms with van der Waals surface area (Å²) in [7, 11) is 0. The van der Waals surface area contributed by atoms with Crippen LogP contribution in [0.15, 0.2) is 48.5 Å². The molecule has 2 rings (SSSR count). The highest BCUT2D eigenvalue weighted by Crippen LogP contribution is 2.29. The van der Waals surface area contributed by atoms with E-state index in [1.807, 2.05) is 24.3 Å². The first-order chi connectivity index (χ1) is 17.3. The molecule has 0 heterocycles. The molecule has 0 aliphatic rings. The van der Waals surface area contributed by atoms with Crippen LogP contribution < -0.4 is 10.2 Å². The second kappa shape index (κ2) is 16.4. The van der Waals surface area contributed by atoms with Crippen LogP contribution in [0.2, 0.25) is 0 Å². The number of carbonyl (C=O) groups is 1. The van der Waals surface area contributed by atoms with Crippen molar-refractivity contribution in [1.29, 1.82) is 0 Å². The molecule has 0 spiro atoms. The maximum Gasteiger partial charge on any atom is 0.416 e. The van der Waals surface area contributed by atoms with E-state index in [-0.39, 0.29) is 5.91 Å². The third kappa shape index (κ3) is 11.6. The van der Waals surface area contributed by atoms with Crippen LogP contribution in [0.25, 0.3) is 0 Å². The Balaban J connectivity index is 1.67. The van der Waals surface area contributed by atoms with Gasteiger partial charge in [0.05, 0.1) is 12.1 Å². The number of nitrogens with one attached hydrogen (secondary N) is 2. The maximum atomic E-state index is 12.8. The van der Waals surface area contributed by atoms with Gasteiger partial charge < -0.3 is 10.2 Å². The quantitative estimate of drug-likeness (QED) is 0.224. The van der Waals surface area contributed by atoms with Crippen molar-refractivity contribution >= 4 is 5.91 Å². The summed E-state index contributed by atoms with van der Waals surface area (Å²) in [5.74, 6) is -0.0399. The zero-order valence-corrected chi connectivity index (χ0v) is 22.1. The molecular weight excluding hydrogens is 461 g/mol. The summed E-state index contributed by atoms with van der Waals surface area (Å²) in [5.41, 5.74) is 2.02. The number of hydrogen-bond donors (Lipinski definition) is 2. The molecule has 6 heteroatoms. The van der Waals surface area contributed by atoms with Gasteiger partial charge in [-0.1, -0.05) is 89.0 Å². The number of halogens is 3. The van der Waals surface area contributed by atoms with E-state index >= 15 is 0 Å². The molecule has 1 atom stereocenters. The van der Waals surface area contributed by atoms with E-state index < -0.39 is 11.7 Å². The second-order valence-electron chi connectivity index (χ2n) is 9.79. The molecule has 1 unspecified atom stereocenters. The normalized spacial score (nSPS) is 12.5. The molecule has 0 aromatic heterocycles. The van der Waals surface area contributed by atoms with Crippen molar-refractivity contribution in [2.24, 2.45) is 0 Å². The van der Waals surface area contributed by atoms with Crippen molar-refractivity contribution in [2.75, 3.05) is 13.1 Å². The molecule has 0 bridgehead atoms. The first kappa shape index (κ1) is 29.9. The zero-order chi connectivity index (χ0) is 26.2. The highest BCUT2D eigenvalue weighted by molar-refractivity contribution is 5.94. The number of hydrogen-bond acceptors (Lipinski definition) is 1. The van der Waals surface area contributed by atoms with Gasteiger partial charge in [-0.2, -0.15) is 13.2 Å². The summed E-state index contributed by atoms with van der Waals surface area (Å²) >= 11 is 0. The highest BCUT2D eigenvalue weighted by atomic mass is 19.4. The molecule has 2 aromatic rings. The molecule has 2 N–H and O–H groups in total. The van der Waals surface area contributed by atoms with Crippen LogP contribution in [0.5, 0.6) is 0 Å². The van der Waals surface area contributed by atoms with Gasteiger partial charge in [-0.05, 0) is 37.6 Å². The molecule has 200 valence electrons. The fraction of sp³-hybridized carbons (Fsp3) is 0.567. The Bertz CT molecular complexity index is 863. The monoisotopic (exact) mass is 505 g/mol. The van der Waals surface area contributed by atoms with E-state index in [2.05, 4.69) is 19.2 Å². The predicted molar refractivity (Wildman–Crippen MR) is 141 cm³/mol. The molecule has 3 nitrogen and oxygen atoms in total. The van der Waals surface area contributed by atoms with Gasteiger partial charge in [0.25, 0.3) is 5.91 Å². The van der Waals surface area contributed by atoms with Gasteiger partial charge >= 0.3 is 6.18 Å².